The van der Waals surface area contributed by atoms with Gasteiger partial charge >= 0.3 is 0 Å². The number of thioether (sulfide) groups is 1. The second kappa shape index (κ2) is 6.20. The average molecular weight is 343 g/mol. The molecule has 2 aliphatic rings. The molecule has 0 N–H and O–H groups in total. The van der Waals surface area contributed by atoms with Crippen LogP contribution < -0.4 is 0 Å². The van der Waals surface area contributed by atoms with Crippen LogP contribution in [-0.4, -0.2) is 48.6 Å². The molecule has 1 aliphatic heterocycles. The highest BCUT2D eigenvalue weighted by molar-refractivity contribution is 8.00. The monoisotopic (exact) mass is 343 g/mol. The highest BCUT2D eigenvalue weighted by Crippen LogP contribution is 2.33. The third-order valence-corrected chi connectivity index (χ3v) is 6.80. The molecule has 1 saturated heterocycles. The van der Waals surface area contributed by atoms with Gasteiger partial charge in [-0.1, -0.05) is 12.1 Å². The molecule has 1 heterocycles. The van der Waals surface area contributed by atoms with Crippen molar-refractivity contribution in [2.75, 3.05) is 17.3 Å². The van der Waals surface area contributed by atoms with E-state index in [9.17, 15) is 17.6 Å². The summed E-state index contributed by atoms with van der Waals surface area (Å²) in [5, 5.41) is 0. The molecule has 0 bridgehead atoms. The molecule has 0 aromatic heterocycles. The molecule has 2 fully saturated rings. The molecule has 1 aromatic rings. The van der Waals surface area contributed by atoms with Gasteiger partial charge in [0.2, 0.25) is 5.91 Å². The second-order valence-corrected chi connectivity index (χ2v) is 9.05. The van der Waals surface area contributed by atoms with E-state index >= 15 is 0 Å². The van der Waals surface area contributed by atoms with Crippen molar-refractivity contribution in [3.05, 3.63) is 30.1 Å². The number of nitrogens with zero attached hydrogens (tertiary/aromatic N) is 1. The normalized spacial score (nSPS) is 23.4. The lowest BCUT2D eigenvalue weighted by molar-refractivity contribution is -0.130. The fourth-order valence-corrected chi connectivity index (χ4v) is 5.35. The first kappa shape index (κ1) is 15.8. The van der Waals surface area contributed by atoms with Gasteiger partial charge in [0.1, 0.15) is 5.82 Å². The highest BCUT2D eigenvalue weighted by Gasteiger charge is 2.41. The average Bonchev–Trinajstić information content (AvgIpc) is 3.22. The molecule has 3 rings (SSSR count). The Bertz CT molecular complexity index is 673. The van der Waals surface area contributed by atoms with Crippen molar-refractivity contribution in [3.63, 3.8) is 0 Å². The van der Waals surface area contributed by atoms with Crippen LogP contribution in [0, 0.1) is 5.82 Å². The van der Waals surface area contributed by atoms with E-state index in [0.29, 0.717) is 11.3 Å². The fourth-order valence-electron chi connectivity index (χ4n) is 2.83. The number of sulfone groups is 1. The van der Waals surface area contributed by atoms with Crippen LogP contribution in [0.15, 0.2) is 29.2 Å². The van der Waals surface area contributed by atoms with Gasteiger partial charge in [-0.2, -0.15) is 0 Å². The molecule has 1 amide bonds. The molecule has 1 aliphatic carbocycles. The van der Waals surface area contributed by atoms with E-state index in [-0.39, 0.29) is 41.1 Å². The van der Waals surface area contributed by atoms with Gasteiger partial charge in [0.15, 0.2) is 9.84 Å². The topological polar surface area (TPSA) is 54.5 Å². The van der Waals surface area contributed by atoms with E-state index in [2.05, 4.69) is 0 Å². The van der Waals surface area contributed by atoms with Crippen LogP contribution in [0.3, 0.4) is 0 Å². The zero-order chi connectivity index (χ0) is 15.7. The Balaban J connectivity index is 1.65. The van der Waals surface area contributed by atoms with Crippen LogP contribution in [-0.2, 0) is 14.6 Å². The van der Waals surface area contributed by atoms with Crippen molar-refractivity contribution in [2.24, 2.45) is 0 Å². The van der Waals surface area contributed by atoms with Gasteiger partial charge in [0, 0.05) is 17.0 Å². The molecule has 0 spiro atoms. The Hall–Kier alpha value is -1.08. The van der Waals surface area contributed by atoms with Crippen molar-refractivity contribution >= 4 is 27.5 Å². The van der Waals surface area contributed by atoms with Gasteiger partial charge in [-0.05, 0) is 31.4 Å². The summed E-state index contributed by atoms with van der Waals surface area (Å²) < 4.78 is 36.9. The van der Waals surface area contributed by atoms with Crippen molar-refractivity contribution in [1.82, 2.24) is 4.90 Å². The van der Waals surface area contributed by atoms with E-state index < -0.39 is 9.84 Å². The second-order valence-electron chi connectivity index (χ2n) is 5.81. The van der Waals surface area contributed by atoms with Gasteiger partial charge in [0.25, 0.3) is 0 Å². The van der Waals surface area contributed by atoms with Crippen molar-refractivity contribution < 1.29 is 17.6 Å². The number of benzene rings is 1. The smallest absolute Gasteiger partial charge is 0.233 e. The molecule has 1 unspecified atom stereocenters. The standard InChI is InChI=1S/C15H18FNO3S2/c16-13-3-1-2-4-14(13)21-9-15(18)17(11-5-6-11)12-7-8-22(19,20)10-12/h1-4,11-12H,5-10H2. The third-order valence-electron chi connectivity index (χ3n) is 4.02. The minimum absolute atomic E-state index is 0.0691. The minimum Gasteiger partial charge on any atom is -0.335 e. The fraction of sp³-hybridized carbons (Fsp3) is 0.533. The maximum Gasteiger partial charge on any atom is 0.233 e. The van der Waals surface area contributed by atoms with E-state index in [1.165, 1.54) is 17.8 Å². The Morgan fingerprint density at radius 1 is 1.23 bits per heavy atom. The van der Waals surface area contributed by atoms with E-state index in [1.807, 2.05) is 0 Å². The van der Waals surface area contributed by atoms with Gasteiger partial charge < -0.3 is 4.90 Å². The lowest BCUT2D eigenvalue weighted by Gasteiger charge is -2.28. The number of amides is 1. The maximum atomic E-state index is 13.6. The summed E-state index contributed by atoms with van der Waals surface area (Å²) in [6, 6.07) is 6.33. The van der Waals surface area contributed by atoms with Crippen molar-refractivity contribution in [1.29, 1.82) is 0 Å². The zero-order valence-electron chi connectivity index (χ0n) is 12.1. The summed E-state index contributed by atoms with van der Waals surface area (Å²) in [6.45, 7) is 0. The van der Waals surface area contributed by atoms with Crippen LogP contribution in [0.5, 0.6) is 0 Å². The summed E-state index contributed by atoms with van der Waals surface area (Å²) >= 11 is 1.17. The Labute approximate surface area is 134 Å². The highest BCUT2D eigenvalue weighted by atomic mass is 32.2. The molecule has 120 valence electrons. The summed E-state index contributed by atoms with van der Waals surface area (Å²) in [7, 11) is -3.01. The quantitative estimate of drug-likeness (QED) is 0.768. The van der Waals surface area contributed by atoms with Crippen LogP contribution in [0.25, 0.3) is 0 Å². The van der Waals surface area contributed by atoms with E-state index in [0.717, 1.165) is 12.8 Å². The number of rotatable bonds is 5. The predicted molar refractivity (Wildman–Crippen MR) is 84.1 cm³/mol. The number of hydrogen-bond acceptors (Lipinski definition) is 4. The van der Waals surface area contributed by atoms with Gasteiger partial charge in [-0.15, -0.1) is 11.8 Å². The van der Waals surface area contributed by atoms with Crippen LogP contribution in [0.2, 0.25) is 0 Å². The van der Waals surface area contributed by atoms with E-state index in [1.54, 1.807) is 23.1 Å². The van der Waals surface area contributed by atoms with E-state index in [4.69, 9.17) is 0 Å². The van der Waals surface area contributed by atoms with Crippen molar-refractivity contribution in [3.8, 4) is 0 Å². The molecule has 1 atom stereocenters. The number of halogens is 1. The first-order valence-corrected chi connectivity index (χ1v) is 10.2. The number of hydrogen-bond donors (Lipinski definition) is 0. The molecule has 0 radical (unpaired) electrons. The Morgan fingerprint density at radius 3 is 2.55 bits per heavy atom. The molecular formula is C15H18FNO3S2. The largest absolute Gasteiger partial charge is 0.335 e. The summed E-state index contributed by atoms with van der Waals surface area (Å²) in [5.41, 5.74) is 0. The third kappa shape index (κ3) is 3.63. The first-order chi connectivity index (χ1) is 10.5. The van der Waals surface area contributed by atoms with Gasteiger partial charge in [0.05, 0.1) is 17.3 Å². The maximum absolute atomic E-state index is 13.6. The Morgan fingerprint density at radius 2 is 1.95 bits per heavy atom. The van der Waals surface area contributed by atoms with Crippen LogP contribution in [0.1, 0.15) is 19.3 Å². The molecule has 4 nitrogen and oxygen atoms in total. The number of carbonyl (C=O) groups excluding carboxylic acids is 1. The molecule has 1 aromatic carbocycles. The van der Waals surface area contributed by atoms with Crippen LogP contribution in [0.4, 0.5) is 4.39 Å². The number of carbonyl (C=O) groups is 1. The summed E-state index contributed by atoms with van der Waals surface area (Å²) in [6.07, 6.45) is 2.40. The van der Waals surface area contributed by atoms with Crippen molar-refractivity contribution in [2.45, 2.75) is 36.2 Å². The molecule has 7 heteroatoms. The SMILES string of the molecule is O=C(CSc1ccccc1F)N(C1CC1)C1CCS(=O)(=O)C1. The van der Waals surface area contributed by atoms with Gasteiger partial charge in [-0.3, -0.25) is 4.79 Å². The lowest BCUT2D eigenvalue weighted by atomic mass is 10.2. The molecule has 22 heavy (non-hydrogen) atoms. The lowest BCUT2D eigenvalue weighted by Crippen LogP contribution is -2.43. The molecular weight excluding hydrogens is 325 g/mol. The summed E-state index contributed by atoms with van der Waals surface area (Å²) in [5.74, 6) is -0.0399. The van der Waals surface area contributed by atoms with Crippen LogP contribution >= 0.6 is 11.8 Å². The Kier molecular flexibility index (Phi) is 4.45. The van der Waals surface area contributed by atoms with Gasteiger partial charge in [-0.25, -0.2) is 12.8 Å². The predicted octanol–water partition coefficient (Wildman–Crippen LogP) is 2.10. The summed E-state index contributed by atoms with van der Waals surface area (Å²) in [4.78, 5) is 14.7. The first-order valence-electron chi connectivity index (χ1n) is 7.35. The minimum atomic E-state index is -3.01. The molecule has 1 saturated carbocycles. The zero-order valence-corrected chi connectivity index (χ0v) is 13.7.